The first-order valence-corrected chi connectivity index (χ1v) is 11.9. The highest BCUT2D eigenvalue weighted by Crippen LogP contribution is 2.14. The van der Waals surface area contributed by atoms with Crippen LogP contribution < -0.4 is 5.32 Å². The van der Waals surface area contributed by atoms with Crippen molar-refractivity contribution in [3.8, 4) is 0 Å². The minimum absolute atomic E-state index is 0.0393. The zero-order valence-electron chi connectivity index (χ0n) is 15.3. The number of thioether (sulfide) groups is 1. The summed E-state index contributed by atoms with van der Waals surface area (Å²) in [5.41, 5.74) is 1.07. The Morgan fingerprint density at radius 3 is 2.77 bits per heavy atom. The smallest absolute Gasteiger partial charge is 0.215 e. The van der Waals surface area contributed by atoms with Gasteiger partial charge in [-0.05, 0) is 24.6 Å². The molecule has 0 aromatic heterocycles. The summed E-state index contributed by atoms with van der Waals surface area (Å²) >= 11 is 7.84. The summed E-state index contributed by atoms with van der Waals surface area (Å²) in [4.78, 5) is 6.47. The molecule has 26 heavy (non-hydrogen) atoms. The lowest BCUT2D eigenvalue weighted by Gasteiger charge is -2.25. The van der Waals surface area contributed by atoms with Crippen molar-refractivity contribution in [1.82, 2.24) is 14.5 Å². The standard InChI is InChI=1S/C17H27ClN4O2S2/c1-3-19-17(21(2)14-15-5-4-6-16(18)13-15)20-7-12-26(23,24)22-8-10-25-11-9-22/h4-6,13H,3,7-12,14H2,1-2H3,(H,19,20). The van der Waals surface area contributed by atoms with E-state index in [0.29, 0.717) is 30.6 Å². The minimum atomic E-state index is -3.23. The fourth-order valence-electron chi connectivity index (χ4n) is 2.67. The Morgan fingerprint density at radius 2 is 2.12 bits per heavy atom. The molecule has 0 saturated carbocycles. The molecule has 0 spiro atoms. The van der Waals surface area contributed by atoms with E-state index in [1.807, 2.05) is 43.1 Å². The van der Waals surface area contributed by atoms with E-state index in [9.17, 15) is 8.42 Å². The van der Waals surface area contributed by atoms with Crippen LogP contribution in [0.3, 0.4) is 0 Å². The van der Waals surface area contributed by atoms with Crippen molar-refractivity contribution in [2.24, 2.45) is 4.99 Å². The Kier molecular flexibility index (Phi) is 8.53. The van der Waals surface area contributed by atoms with Crippen LogP contribution in [-0.2, 0) is 16.6 Å². The summed E-state index contributed by atoms with van der Waals surface area (Å²) in [7, 11) is -1.31. The summed E-state index contributed by atoms with van der Waals surface area (Å²) in [5, 5.41) is 3.91. The van der Waals surface area contributed by atoms with Crippen LogP contribution in [0.5, 0.6) is 0 Å². The first-order valence-electron chi connectivity index (χ1n) is 8.72. The molecule has 1 aliphatic rings. The lowest BCUT2D eigenvalue weighted by Crippen LogP contribution is -2.41. The second-order valence-electron chi connectivity index (χ2n) is 6.05. The Balaban J connectivity index is 1.96. The summed E-state index contributed by atoms with van der Waals surface area (Å²) in [5.74, 6) is 2.47. The number of rotatable bonds is 7. The van der Waals surface area contributed by atoms with Gasteiger partial charge in [0.25, 0.3) is 0 Å². The van der Waals surface area contributed by atoms with Crippen LogP contribution in [0.2, 0.25) is 5.02 Å². The maximum atomic E-state index is 12.4. The zero-order valence-corrected chi connectivity index (χ0v) is 17.7. The van der Waals surface area contributed by atoms with Crippen molar-refractivity contribution in [3.05, 3.63) is 34.9 Å². The van der Waals surface area contributed by atoms with Gasteiger partial charge in [-0.15, -0.1) is 0 Å². The highest BCUT2D eigenvalue weighted by atomic mass is 35.5. The fraction of sp³-hybridized carbons (Fsp3) is 0.588. The van der Waals surface area contributed by atoms with E-state index in [4.69, 9.17) is 11.6 Å². The predicted molar refractivity (Wildman–Crippen MR) is 112 cm³/mol. The molecule has 0 aliphatic carbocycles. The van der Waals surface area contributed by atoms with Gasteiger partial charge in [-0.25, -0.2) is 12.7 Å². The molecular formula is C17H27ClN4O2S2. The number of guanidine groups is 1. The number of nitrogens with zero attached hydrogens (tertiary/aromatic N) is 3. The molecule has 1 aromatic carbocycles. The van der Waals surface area contributed by atoms with E-state index in [-0.39, 0.29) is 12.3 Å². The van der Waals surface area contributed by atoms with Crippen molar-refractivity contribution < 1.29 is 8.42 Å². The minimum Gasteiger partial charge on any atom is -0.357 e. The summed E-state index contributed by atoms with van der Waals surface area (Å²) in [6, 6.07) is 7.68. The van der Waals surface area contributed by atoms with Crippen molar-refractivity contribution in [2.75, 3.05) is 50.5 Å². The predicted octanol–water partition coefficient (Wildman–Crippen LogP) is 2.12. The Labute approximate surface area is 166 Å². The number of benzene rings is 1. The molecule has 0 atom stereocenters. The molecule has 0 amide bonds. The van der Waals surface area contributed by atoms with Crippen LogP contribution in [0, 0.1) is 0 Å². The first kappa shape index (κ1) is 21.3. The molecule has 0 radical (unpaired) electrons. The average Bonchev–Trinajstić information content (AvgIpc) is 2.61. The molecule has 0 bridgehead atoms. The van der Waals surface area contributed by atoms with Gasteiger partial charge < -0.3 is 10.2 Å². The van der Waals surface area contributed by atoms with Crippen LogP contribution in [-0.4, -0.2) is 74.1 Å². The summed E-state index contributed by atoms with van der Waals surface area (Å²) in [6.07, 6.45) is 0. The van der Waals surface area contributed by atoms with Crippen LogP contribution in [0.1, 0.15) is 12.5 Å². The molecule has 1 heterocycles. The normalized spacial score (nSPS) is 16.5. The van der Waals surface area contributed by atoms with E-state index in [2.05, 4.69) is 10.3 Å². The molecule has 6 nitrogen and oxygen atoms in total. The number of halogens is 1. The van der Waals surface area contributed by atoms with Gasteiger partial charge >= 0.3 is 0 Å². The topological polar surface area (TPSA) is 65.0 Å². The maximum Gasteiger partial charge on any atom is 0.215 e. The van der Waals surface area contributed by atoms with Gasteiger partial charge in [0, 0.05) is 49.8 Å². The highest BCUT2D eigenvalue weighted by Gasteiger charge is 2.23. The van der Waals surface area contributed by atoms with Crippen molar-refractivity contribution in [3.63, 3.8) is 0 Å². The number of hydrogen-bond donors (Lipinski definition) is 1. The van der Waals surface area contributed by atoms with Crippen LogP contribution in [0.25, 0.3) is 0 Å². The molecular weight excluding hydrogens is 392 g/mol. The number of nitrogens with one attached hydrogen (secondary N) is 1. The molecule has 1 aliphatic heterocycles. The van der Waals surface area contributed by atoms with E-state index >= 15 is 0 Å². The Bertz CT molecular complexity index is 706. The third-order valence-corrected chi connectivity index (χ3v) is 7.01. The van der Waals surface area contributed by atoms with Crippen molar-refractivity contribution >= 4 is 39.3 Å². The SMILES string of the molecule is CCNC(=NCCS(=O)(=O)N1CCSCC1)N(C)Cc1cccc(Cl)c1. The third-order valence-electron chi connectivity index (χ3n) is 3.98. The van der Waals surface area contributed by atoms with Crippen LogP contribution >= 0.6 is 23.4 Å². The highest BCUT2D eigenvalue weighted by molar-refractivity contribution is 7.99. The summed E-state index contributed by atoms with van der Waals surface area (Å²) in [6.45, 7) is 4.80. The lowest BCUT2D eigenvalue weighted by atomic mass is 10.2. The fourth-order valence-corrected chi connectivity index (χ4v) is 5.34. The molecule has 1 fully saturated rings. The van der Waals surface area contributed by atoms with Gasteiger partial charge in [-0.3, -0.25) is 4.99 Å². The van der Waals surface area contributed by atoms with E-state index in [1.165, 1.54) is 0 Å². The second kappa shape index (κ2) is 10.4. The molecule has 1 saturated heterocycles. The van der Waals surface area contributed by atoms with Gasteiger partial charge in [0.2, 0.25) is 10.0 Å². The molecule has 1 aromatic rings. The lowest BCUT2D eigenvalue weighted by molar-refractivity contribution is 0.443. The largest absolute Gasteiger partial charge is 0.357 e. The molecule has 1 N–H and O–H groups in total. The van der Waals surface area contributed by atoms with Gasteiger partial charge in [0.15, 0.2) is 5.96 Å². The van der Waals surface area contributed by atoms with Gasteiger partial charge in [-0.2, -0.15) is 11.8 Å². The van der Waals surface area contributed by atoms with E-state index in [0.717, 1.165) is 23.6 Å². The molecule has 0 unspecified atom stereocenters. The van der Waals surface area contributed by atoms with Crippen molar-refractivity contribution in [2.45, 2.75) is 13.5 Å². The molecule has 146 valence electrons. The maximum absolute atomic E-state index is 12.4. The monoisotopic (exact) mass is 418 g/mol. The van der Waals surface area contributed by atoms with Gasteiger partial charge in [0.05, 0.1) is 12.3 Å². The average molecular weight is 419 g/mol. The number of sulfonamides is 1. The molecule has 9 heteroatoms. The Morgan fingerprint density at radius 1 is 1.38 bits per heavy atom. The van der Waals surface area contributed by atoms with E-state index in [1.54, 1.807) is 16.1 Å². The third kappa shape index (κ3) is 6.64. The first-order chi connectivity index (χ1) is 12.4. The summed E-state index contributed by atoms with van der Waals surface area (Å²) < 4.78 is 26.4. The second-order valence-corrected chi connectivity index (χ2v) is 9.80. The van der Waals surface area contributed by atoms with Gasteiger partial charge in [-0.1, -0.05) is 23.7 Å². The zero-order chi connectivity index (χ0) is 19.0. The number of hydrogen-bond acceptors (Lipinski definition) is 4. The molecule has 2 rings (SSSR count). The van der Waals surface area contributed by atoms with E-state index < -0.39 is 10.0 Å². The van der Waals surface area contributed by atoms with Crippen molar-refractivity contribution in [1.29, 1.82) is 0 Å². The quantitative estimate of drug-likeness (QED) is 0.542. The Hall–Kier alpha value is -0.960. The van der Waals surface area contributed by atoms with Crippen LogP contribution in [0.15, 0.2) is 29.3 Å². The van der Waals surface area contributed by atoms with Gasteiger partial charge in [0.1, 0.15) is 0 Å². The number of aliphatic imine (C=N–C) groups is 1. The van der Waals surface area contributed by atoms with Crippen LogP contribution in [0.4, 0.5) is 0 Å².